The van der Waals surface area contributed by atoms with E-state index in [-0.39, 0.29) is 12.0 Å². The third kappa shape index (κ3) is 3.02. The molecule has 1 atom stereocenters. The predicted octanol–water partition coefficient (Wildman–Crippen LogP) is 0.512. The van der Waals surface area contributed by atoms with Gasteiger partial charge in [0.1, 0.15) is 5.76 Å². The summed E-state index contributed by atoms with van der Waals surface area (Å²) in [4.78, 5) is 16.2. The van der Waals surface area contributed by atoms with E-state index >= 15 is 0 Å². The minimum absolute atomic E-state index is 0.0655. The molecule has 2 fully saturated rings. The molecule has 1 N–H and O–H groups in total. The van der Waals surface area contributed by atoms with Crippen molar-refractivity contribution in [2.45, 2.75) is 25.9 Å². The summed E-state index contributed by atoms with van der Waals surface area (Å²) in [6.45, 7) is 5.50. The lowest BCUT2D eigenvalue weighted by Gasteiger charge is -2.35. The van der Waals surface area contributed by atoms with Gasteiger partial charge in [-0.05, 0) is 25.7 Å². The van der Waals surface area contributed by atoms with Gasteiger partial charge in [0.15, 0.2) is 5.69 Å². The number of carbonyl (C=O) groups is 1. The maximum atomic E-state index is 12.2. The van der Waals surface area contributed by atoms with Gasteiger partial charge in [-0.3, -0.25) is 9.69 Å². The van der Waals surface area contributed by atoms with E-state index in [1.807, 2.05) is 0 Å². The van der Waals surface area contributed by atoms with Gasteiger partial charge >= 0.3 is 0 Å². The van der Waals surface area contributed by atoms with Crippen LogP contribution in [0.15, 0.2) is 10.6 Å². The number of aliphatic hydroxyl groups is 1. The van der Waals surface area contributed by atoms with Crippen LogP contribution in [0.1, 0.15) is 29.1 Å². The summed E-state index contributed by atoms with van der Waals surface area (Å²) in [6.07, 6.45) is 2.12. The second-order valence-corrected chi connectivity index (χ2v) is 5.82. The van der Waals surface area contributed by atoms with Crippen LogP contribution in [0.25, 0.3) is 0 Å². The lowest BCUT2D eigenvalue weighted by molar-refractivity contribution is 0.0482. The van der Waals surface area contributed by atoms with Crippen molar-refractivity contribution in [1.29, 1.82) is 0 Å². The first-order valence-corrected chi connectivity index (χ1v) is 7.26. The van der Waals surface area contributed by atoms with Crippen LogP contribution in [0.5, 0.6) is 0 Å². The molecule has 0 radical (unpaired) electrons. The van der Waals surface area contributed by atoms with E-state index in [1.165, 1.54) is 0 Å². The standard InChI is InChI=1S/C14H21N3O3/c1-10-8-12(15-20-10)14(19)17-6-4-16(5-7-17)9-13(18)11-2-3-11/h8,11,13,18H,2-7,9H2,1H3. The van der Waals surface area contributed by atoms with Crippen LogP contribution in [0.3, 0.4) is 0 Å². The lowest BCUT2D eigenvalue weighted by atomic mass is 10.2. The van der Waals surface area contributed by atoms with Gasteiger partial charge in [-0.2, -0.15) is 0 Å². The van der Waals surface area contributed by atoms with Gasteiger partial charge in [0.05, 0.1) is 6.10 Å². The van der Waals surface area contributed by atoms with Crippen LogP contribution in [0.2, 0.25) is 0 Å². The van der Waals surface area contributed by atoms with Gasteiger partial charge in [-0.15, -0.1) is 0 Å². The van der Waals surface area contributed by atoms with E-state index in [9.17, 15) is 9.90 Å². The van der Waals surface area contributed by atoms with Crippen molar-refractivity contribution in [1.82, 2.24) is 15.0 Å². The molecule has 1 amide bonds. The molecule has 3 rings (SSSR count). The van der Waals surface area contributed by atoms with E-state index in [0.717, 1.165) is 32.5 Å². The molecule has 1 unspecified atom stereocenters. The molecule has 20 heavy (non-hydrogen) atoms. The molecule has 1 aliphatic heterocycles. The Bertz CT molecular complexity index is 476. The van der Waals surface area contributed by atoms with Crippen LogP contribution < -0.4 is 0 Å². The second kappa shape index (κ2) is 5.54. The highest BCUT2D eigenvalue weighted by molar-refractivity contribution is 5.92. The molecule has 110 valence electrons. The van der Waals surface area contributed by atoms with Crippen LogP contribution in [0, 0.1) is 12.8 Å². The van der Waals surface area contributed by atoms with E-state index in [0.29, 0.717) is 30.5 Å². The minimum Gasteiger partial charge on any atom is -0.392 e. The average Bonchev–Trinajstić information content (AvgIpc) is 3.21. The Labute approximate surface area is 118 Å². The Morgan fingerprint density at radius 2 is 2.15 bits per heavy atom. The Balaban J connectivity index is 1.49. The minimum atomic E-state index is -0.199. The molecule has 1 aromatic rings. The number of aryl methyl sites for hydroxylation is 1. The van der Waals surface area contributed by atoms with Crippen molar-refractivity contribution in [2.24, 2.45) is 5.92 Å². The van der Waals surface area contributed by atoms with Crippen molar-refractivity contribution in [3.63, 3.8) is 0 Å². The smallest absolute Gasteiger partial charge is 0.276 e. The summed E-state index contributed by atoms with van der Waals surface area (Å²) in [5, 5.41) is 13.7. The van der Waals surface area contributed by atoms with Crippen LogP contribution in [-0.2, 0) is 0 Å². The zero-order chi connectivity index (χ0) is 14.1. The first-order valence-electron chi connectivity index (χ1n) is 7.26. The summed E-state index contributed by atoms with van der Waals surface area (Å²) in [5.74, 6) is 1.09. The number of hydrogen-bond donors (Lipinski definition) is 1. The summed E-state index contributed by atoms with van der Waals surface area (Å²) >= 11 is 0. The number of amides is 1. The van der Waals surface area contributed by atoms with Gasteiger partial charge in [-0.25, -0.2) is 0 Å². The maximum Gasteiger partial charge on any atom is 0.276 e. The lowest BCUT2D eigenvalue weighted by Crippen LogP contribution is -2.50. The van der Waals surface area contributed by atoms with Crippen LogP contribution in [-0.4, -0.2) is 64.8 Å². The first kappa shape index (κ1) is 13.6. The van der Waals surface area contributed by atoms with Crippen LogP contribution >= 0.6 is 0 Å². The van der Waals surface area contributed by atoms with Crippen molar-refractivity contribution in [3.8, 4) is 0 Å². The fourth-order valence-corrected chi connectivity index (χ4v) is 2.66. The molecular formula is C14H21N3O3. The van der Waals surface area contributed by atoms with Gasteiger partial charge < -0.3 is 14.5 Å². The topological polar surface area (TPSA) is 69.8 Å². The van der Waals surface area contributed by atoms with E-state index in [2.05, 4.69) is 10.1 Å². The van der Waals surface area contributed by atoms with Crippen molar-refractivity contribution >= 4 is 5.91 Å². The van der Waals surface area contributed by atoms with Crippen molar-refractivity contribution < 1.29 is 14.4 Å². The molecule has 0 spiro atoms. The molecule has 2 aliphatic rings. The van der Waals surface area contributed by atoms with Gasteiger partial charge in [0, 0.05) is 38.8 Å². The molecule has 1 saturated heterocycles. The Kier molecular flexibility index (Phi) is 3.76. The number of aromatic nitrogens is 1. The van der Waals surface area contributed by atoms with E-state index in [1.54, 1.807) is 17.9 Å². The summed E-state index contributed by atoms with van der Waals surface area (Å²) in [7, 11) is 0. The molecule has 0 aromatic carbocycles. The molecule has 6 heteroatoms. The van der Waals surface area contributed by atoms with Gasteiger partial charge in [0.25, 0.3) is 5.91 Å². The van der Waals surface area contributed by atoms with Gasteiger partial charge in [-0.1, -0.05) is 5.16 Å². The van der Waals surface area contributed by atoms with Crippen molar-refractivity contribution in [2.75, 3.05) is 32.7 Å². The summed E-state index contributed by atoms with van der Waals surface area (Å²) in [5.41, 5.74) is 0.383. The molecule has 2 heterocycles. The monoisotopic (exact) mass is 279 g/mol. The van der Waals surface area contributed by atoms with Crippen molar-refractivity contribution in [3.05, 3.63) is 17.5 Å². The van der Waals surface area contributed by atoms with E-state index in [4.69, 9.17) is 4.52 Å². The fourth-order valence-electron chi connectivity index (χ4n) is 2.66. The normalized spacial score (nSPS) is 22.0. The quantitative estimate of drug-likeness (QED) is 0.869. The molecule has 1 aromatic heterocycles. The zero-order valence-electron chi connectivity index (χ0n) is 11.8. The fraction of sp³-hybridized carbons (Fsp3) is 0.714. The van der Waals surface area contributed by atoms with E-state index < -0.39 is 0 Å². The molecule has 1 aliphatic carbocycles. The third-order valence-electron chi connectivity index (χ3n) is 4.12. The zero-order valence-corrected chi connectivity index (χ0v) is 11.8. The van der Waals surface area contributed by atoms with Gasteiger partial charge in [0.2, 0.25) is 0 Å². The molecular weight excluding hydrogens is 258 g/mol. The molecule has 1 saturated carbocycles. The number of β-amino-alcohol motifs (C(OH)–C–C–N with tert-alkyl or cyclic N) is 1. The number of hydrogen-bond acceptors (Lipinski definition) is 5. The Hall–Kier alpha value is -1.40. The van der Waals surface area contributed by atoms with Crippen LogP contribution in [0.4, 0.5) is 0 Å². The largest absolute Gasteiger partial charge is 0.392 e. The summed E-state index contributed by atoms with van der Waals surface area (Å²) in [6, 6.07) is 1.67. The number of nitrogens with zero attached hydrogens (tertiary/aromatic N) is 3. The number of carbonyl (C=O) groups excluding carboxylic acids is 1. The first-order chi connectivity index (χ1) is 9.63. The molecule has 6 nitrogen and oxygen atoms in total. The Morgan fingerprint density at radius 3 is 2.70 bits per heavy atom. The maximum absolute atomic E-state index is 12.2. The highest BCUT2D eigenvalue weighted by Gasteiger charge is 2.32. The number of piperazine rings is 1. The highest BCUT2D eigenvalue weighted by Crippen LogP contribution is 2.32. The highest BCUT2D eigenvalue weighted by atomic mass is 16.5. The SMILES string of the molecule is Cc1cc(C(=O)N2CCN(CC(O)C3CC3)CC2)no1. The Morgan fingerprint density at radius 1 is 1.45 bits per heavy atom. The molecule has 0 bridgehead atoms. The predicted molar refractivity (Wildman–Crippen MR) is 72.3 cm³/mol. The average molecular weight is 279 g/mol. The number of aliphatic hydroxyl groups excluding tert-OH is 1. The summed E-state index contributed by atoms with van der Waals surface area (Å²) < 4.78 is 4.94. The number of rotatable bonds is 4. The third-order valence-corrected chi connectivity index (χ3v) is 4.12. The second-order valence-electron chi connectivity index (χ2n) is 5.82.